The number of rotatable bonds is 5. The summed E-state index contributed by atoms with van der Waals surface area (Å²) in [6.45, 7) is 9.50. The lowest BCUT2D eigenvalue weighted by atomic mass is 9.93. The first-order chi connectivity index (χ1) is 13.0. The Balaban J connectivity index is 1.42. The molecule has 0 aliphatic carbocycles. The maximum atomic E-state index is 6.21. The fourth-order valence-corrected chi connectivity index (χ4v) is 4.08. The summed E-state index contributed by atoms with van der Waals surface area (Å²) in [5.74, 6) is 3.63. The molecule has 3 aromatic heterocycles. The summed E-state index contributed by atoms with van der Waals surface area (Å²) >= 11 is 0. The Hall–Kier alpha value is -2.34. The van der Waals surface area contributed by atoms with Crippen molar-refractivity contribution in [3.63, 3.8) is 0 Å². The number of piperidine rings is 1. The van der Waals surface area contributed by atoms with E-state index >= 15 is 0 Å². The number of hydrogen-bond acceptors (Lipinski definition) is 5. The lowest BCUT2D eigenvalue weighted by Crippen LogP contribution is -2.35. The number of fused-ring (bicyclic) bond motifs is 1. The highest BCUT2D eigenvalue weighted by Gasteiger charge is 2.24. The largest absolute Gasteiger partial charge is 0.466 e. The van der Waals surface area contributed by atoms with Crippen molar-refractivity contribution in [1.82, 2.24) is 19.5 Å². The summed E-state index contributed by atoms with van der Waals surface area (Å²) in [7, 11) is 0. The van der Waals surface area contributed by atoms with Gasteiger partial charge in [-0.3, -0.25) is 0 Å². The van der Waals surface area contributed by atoms with Crippen molar-refractivity contribution in [3.05, 3.63) is 47.2 Å². The number of hydrogen-bond donors (Lipinski definition) is 1. The van der Waals surface area contributed by atoms with Crippen LogP contribution in [0.1, 0.15) is 60.9 Å². The molecule has 0 amide bonds. The zero-order valence-electron chi connectivity index (χ0n) is 16.5. The van der Waals surface area contributed by atoms with Crippen LogP contribution in [0.3, 0.4) is 0 Å². The van der Waals surface area contributed by atoms with Crippen LogP contribution in [0.25, 0.3) is 5.65 Å². The number of nitrogens with two attached hydrogens (primary N) is 1. The molecule has 1 aliphatic rings. The molecule has 0 aromatic carbocycles. The molecule has 1 saturated heterocycles. The van der Waals surface area contributed by atoms with Gasteiger partial charge < -0.3 is 15.1 Å². The minimum Gasteiger partial charge on any atom is -0.466 e. The van der Waals surface area contributed by atoms with Crippen LogP contribution in [0, 0.1) is 13.8 Å². The Morgan fingerprint density at radius 3 is 2.93 bits per heavy atom. The Morgan fingerprint density at radius 1 is 1.30 bits per heavy atom. The van der Waals surface area contributed by atoms with Gasteiger partial charge in [-0.2, -0.15) is 9.61 Å². The molecule has 2 atom stereocenters. The predicted molar refractivity (Wildman–Crippen MR) is 107 cm³/mol. The predicted octanol–water partition coefficient (Wildman–Crippen LogP) is 3.89. The van der Waals surface area contributed by atoms with Crippen molar-refractivity contribution in [2.45, 2.75) is 51.9 Å². The van der Waals surface area contributed by atoms with E-state index in [2.05, 4.69) is 23.0 Å². The number of likely N-dealkylation sites (tertiary alicyclic amines) is 1. The first-order valence-electron chi connectivity index (χ1n) is 9.91. The molecule has 0 saturated carbocycles. The lowest BCUT2D eigenvalue weighted by Gasteiger charge is -2.33. The minimum atomic E-state index is 0.433. The average molecular weight is 367 g/mol. The molecule has 0 spiro atoms. The van der Waals surface area contributed by atoms with Crippen molar-refractivity contribution < 1.29 is 4.42 Å². The molecule has 6 nitrogen and oxygen atoms in total. The second-order valence-electron chi connectivity index (χ2n) is 7.94. The third-order valence-corrected chi connectivity index (χ3v) is 5.65. The van der Waals surface area contributed by atoms with Gasteiger partial charge in [0.1, 0.15) is 17.3 Å². The van der Waals surface area contributed by atoms with Crippen molar-refractivity contribution in [2.24, 2.45) is 0 Å². The van der Waals surface area contributed by atoms with Gasteiger partial charge in [0.2, 0.25) is 0 Å². The van der Waals surface area contributed by atoms with Crippen LogP contribution in [0.2, 0.25) is 0 Å². The van der Waals surface area contributed by atoms with E-state index in [4.69, 9.17) is 15.1 Å². The number of anilines is 1. The van der Waals surface area contributed by atoms with Crippen LogP contribution in [0.4, 0.5) is 5.82 Å². The summed E-state index contributed by atoms with van der Waals surface area (Å²) in [6.07, 6.45) is 3.47. The smallest absolute Gasteiger partial charge is 0.157 e. The number of aromatic nitrogens is 3. The number of furan rings is 1. The molecule has 1 aliphatic heterocycles. The van der Waals surface area contributed by atoms with Crippen LogP contribution >= 0.6 is 0 Å². The normalized spacial score (nSPS) is 19.6. The summed E-state index contributed by atoms with van der Waals surface area (Å²) in [6, 6.07) is 8.15. The Kier molecular flexibility index (Phi) is 4.91. The van der Waals surface area contributed by atoms with Crippen molar-refractivity contribution in [3.8, 4) is 0 Å². The molecular formula is C21H29N5O. The molecular weight excluding hydrogens is 338 g/mol. The summed E-state index contributed by atoms with van der Waals surface area (Å²) < 4.78 is 7.51. The standard InChI is InChI=1S/C21H29N5O/c1-14(19-7-6-16(3)27-19)8-10-25-9-4-5-17(13-25)18-12-20(22)26-21(23-18)11-15(2)24-26/h6-7,11-12,14,17H,4-5,8-10,13,22H2,1-3H3/t14-,17-/m0/s1. The quantitative estimate of drug-likeness (QED) is 0.740. The highest BCUT2D eigenvalue weighted by Crippen LogP contribution is 2.29. The van der Waals surface area contributed by atoms with Gasteiger partial charge in [-0.1, -0.05) is 6.92 Å². The third kappa shape index (κ3) is 3.86. The summed E-state index contributed by atoms with van der Waals surface area (Å²) in [5, 5.41) is 4.40. The van der Waals surface area contributed by atoms with Gasteiger partial charge in [-0.05, 0) is 58.3 Å². The Morgan fingerprint density at radius 2 is 2.15 bits per heavy atom. The van der Waals surface area contributed by atoms with Crippen molar-refractivity contribution in [1.29, 1.82) is 0 Å². The first kappa shape index (κ1) is 18.0. The number of nitrogens with zero attached hydrogens (tertiary/aromatic N) is 4. The molecule has 27 heavy (non-hydrogen) atoms. The monoisotopic (exact) mass is 367 g/mol. The van der Waals surface area contributed by atoms with Gasteiger partial charge in [-0.15, -0.1) is 0 Å². The van der Waals surface area contributed by atoms with Crippen LogP contribution in [-0.4, -0.2) is 39.1 Å². The fourth-order valence-electron chi connectivity index (χ4n) is 4.08. The molecule has 0 bridgehead atoms. The van der Waals surface area contributed by atoms with Gasteiger partial charge in [0.05, 0.1) is 11.4 Å². The van der Waals surface area contributed by atoms with Crippen LogP contribution < -0.4 is 5.73 Å². The molecule has 6 heteroatoms. The molecule has 1 fully saturated rings. The zero-order chi connectivity index (χ0) is 19.0. The van der Waals surface area contributed by atoms with E-state index in [1.54, 1.807) is 4.52 Å². The van der Waals surface area contributed by atoms with Gasteiger partial charge in [-0.25, -0.2) is 4.98 Å². The van der Waals surface area contributed by atoms with E-state index in [1.807, 2.05) is 32.0 Å². The van der Waals surface area contributed by atoms with E-state index in [-0.39, 0.29) is 0 Å². The van der Waals surface area contributed by atoms with E-state index < -0.39 is 0 Å². The van der Waals surface area contributed by atoms with E-state index in [1.165, 1.54) is 12.8 Å². The molecule has 3 aromatic rings. The maximum Gasteiger partial charge on any atom is 0.157 e. The van der Waals surface area contributed by atoms with Gasteiger partial charge in [0.25, 0.3) is 0 Å². The second-order valence-corrected chi connectivity index (χ2v) is 7.94. The second kappa shape index (κ2) is 7.35. The van der Waals surface area contributed by atoms with E-state index in [9.17, 15) is 0 Å². The average Bonchev–Trinajstić information content (AvgIpc) is 3.25. The minimum absolute atomic E-state index is 0.433. The molecule has 4 rings (SSSR count). The van der Waals surface area contributed by atoms with Gasteiger partial charge in [0.15, 0.2) is 5.65 Å². The van der Waals surface area contributed by atoms with Crippen LogP contribution in [0.5, 0.6) is 0 Å². The highest BCUT2D eigenvalue weighted by molar-refractivity contribution is 5.48. The molecule has 2 N–H and O–H groups in total. The van der Waals surface area contributed by atoms with Crippen LogP contribution in [-0.2, 0) is 0 Å². The maximum absolute atomic E-state index is 6.21. The van der Waals surface area contributed by atoms with E-state index in [0.717, 1.165) is 54.6 Å². The molecule has 4 heterocycles. The summed E-state index contributed by atoms with van der Waals surface area (Å²) in [5.41, 5.74) is 9.10. The fraction of sp³-hybridized carbons (Fsp3) is 0.524. The Bertz CT molecular complexity index is 928. The lowest BCUT2D eigenvalue weighted by molar-refractivity contribution is 0.198. The topological polar surface area (TPSA) is 72.6 Å². The third-order valence-electron chi connectivity index (χ3n) is 5.65. The summed E-state index contributed by atoms with van der Waals surface area (Å²) in [4.78, 5) is 7.40. The van der Waals surface area contributed by atoms with Crippen molar-refractivity contribution in [2.75, 3.05) is 25.4 Å². The number of aryl methyl sites for hydroxylation is 2. The van der Waals surface area contributed by atoms with E-state index in [0.29, 0.717) is 17.7 Å². The first-order valence-corrected chi connectivity index (χ1v) is 9.91. The van der Waals surface area contributed by atoms with Gasteiger partial charge >= 0.3 is 0 Å². The highest BCUT2D eigenvalue weighted by atomic mass is 16.3. The SMILES string of the molecule is Cc1cc2nc([C@H]3CCCN(CC[C@H](C)c4ccc(C)o4)C3)cc(N)n2n1. The molecule has 0 radical (unpaired) electrons. The van der Waals surface area contributed by atoms with Gasteiger partial charge in [0, 0.05) is 30.5 Å². The molecule has 144 valence electrons. The van der Waals surface area contributed by atoms with Crippen LogP contribution in [0.15, 0.2) is 28.7 Å². The van der Waals surface area contributed by atoms with Crippen molar-refractivity contribution >= 4 is 11.5 Å². The zero-order valence-corrected chi connectivity index (χ0v) is 16.5. The number of nitrogen functional groups attached to an aromatic ring is 1. The molecule has 0 unspecified atom stereocenters. The Labute approximate surface area is 160 Å².